The van der Waals surface area contributed by atoms with Crippen molar-refractivity contribution in [3.05, 3.63) is 53.3 Å². The lowest BCUT2D eigenvalue weighted by molar-refractivity contribution is 0.0583. The Morgan fingerprint density at radius 3 is 2.24 bits per heavy atom. The van der Waals surface area contributed by atoms with Gasteiger partial charge in [0.2, 0.25) is 0 Å². The monoisotopic (exact) mass is 477 g/mol. The van der Waals surface area contributed by atoms with E-state index in [0.717, 1.165) is 12.3 Å². The van der Waals surface area contributed by atoms with Gasteiger partial charge in [-0.15, -0.1) is 0 Å². The second-order valence-electron chi connectivity index (χ2n) is 8.41. The lowest BCUT2D eigenvalue weighted by Crippen LogP contribution is -2.42. The van der Waals surface area contributed by atoms with Crippen LogP contribution in [0.25, 0.3) is 0 Å². The number of rotatable bonds is 7. The molecule has 0 radical (unpaired) electrons. The van der Waals surface area contributed by atoms with Crippen LogP contribution >= 0.6 is 0 Å². The molecule has 1 fully saturated rings. The van der Waals surface area contributed by atoms with Crippen LogP contribution in [0, 0.1) is 5.82 Å². The van der Waals surface area contributed by atoms with Crippen LogP contribution in [0.2, 0.25) is 0 Å². The molecule has 1 aliphatic heterocycles. The minimum atomic E-state index is -3.49. The van der Waals surface area contributed by atoms with Gasteiger partial charge in [-0.05, 0) is 57.2 Å². The van der Waals surface area contributed by atoms with Crippen LogP contribution in [0.1, 0.15) is 54.3 Å². The van der Waals surface area contributed by atoms with Crippen molar-refractivity contribution in [3.8, 4) is 11.5 Å². The summed E-state index contributed by atoms with van der Waals surface area (Å²) in [6.07, 6.45) is 1.56. The van der Waals surface area contributed by atoms with Crippen LogP contribution in [0.5, 0.6) is 11.5 Å². The zero-order valence-electron chi connectivity index (χ0n) is 19.1. The highest BCUT2D eigenvalue weighted by Crippen LogP contribution is 2.28. The number of carbonyl (C=O) groups excluding carboxylic acids is 2. The smallest absolute Gasteiger partial charge is 0.257 e. The molecule has 0 atom stereocenters. The van der Waals surface area contributed by atoms with Gasteiger partial charge in [-0.3, -0.25) is 9.59 Å². The number of hydrogen-bond acceptors (Lipinski definition) is 6. The number of likely N-dealkylation sites (tertiary alicyclic amines) is 1. The van der Waals surface area contributed by atoms with Crippen LogP contribution in [0.3, 0.4) is 0 Å². The Hall–Kier alpha value is -2.94. The van der Waals surface area contributed by atoms with E-state index in [1.54, 1.807) is 4.90 Å². The molecule has 7 nitrogen and oxygen atoms in total. The fourth-order valence-corrected chi connectivity index (χ4v) is 4.25. The molecular formula is C24H28FNO6S. The van der Waals surface area contributed by atoms with Crippen molar-refractivity contribution >= 4 is 21.5 Å². The number of Topliss-reactive ketones (excluding diaryl/α,β-unsaturated/α-hetero) is 1. The summed E-state index contributed by atoms with van der Waals surface area (Å²) in [4.78, 5) is 26.3. The first-order valence-electron chi connectivity index (χ1n) is 10.7. The van der Waals surface area contributed by atoms with E-state index < -0.39 is 15.7 Å². The molecule has 33 heavy (non-hydrogen) atoms. The second kappa shape index (κ2) is 9.91. The topological polar surface area (TPSA) is 90.0 Å². The Bertz CT molecular complexity index is 1150. The van der Waals surface area contributed by atoms with Crippen LogP contribution < -0.4 is 9.47 Å². The van der Waals surface area contributed by atoms with Crippen molar-refractivity contribution in [1.82, 2.24) is 4.90 Å². The largest absolute Gasteiger partial charge is 0.490 e. The average molecular weight is 478 g/mol. The van der Waals surface area contributed by atoms with Gasteiger partial charge in [-0.2, -0.15) is 0 Å². The Balaban J connectivity index is 1.72. The van der Waals surface area contributed by atoms with Gasteiger partial charge >= 0.3 is 0 Å². The van der Waals surface area contributed by atoms with E-state index in [9.17, 15) is 22.4 Å². The lowest BCUT2D eigenvalue weighted by Gasteiger charge is -2.32. The van der Waals surface area contributed by atoms with Gasteiger partial charge in [-0.25, -0.2) is 12.8 Å². The molecule has 1 saturated heterocycles. The predicted molar refractivity (Wildman–Crippen MR) is 121 cm³/mol. The van der Waals surface area contributed by atoms with Gasteiger partial charge < -0.3 is 14.4 Å². The third-order valence-corrected chi connectivity index (χ3v) is 6.44. The number of hydrogen-bond donors (Lipinski definition) is 0. The SMILES string of the molecule is CC(=O)c1ccc(OC2CCN(C(=O)c3cc(S(C)(=O)=O)ccc3OC(C)C)CC2)c(F)c1. The highest BCUT2D eigenvalue weighted by atomic mass is 32.2. The van der Waals surface area contributed by atoms with Gasteiger partial charge in [0, 0.05) is 37.8 Å². The van der Waals surface area contributed by atoms with Gasteiger partial charge in [0.05, 0.1) is 16.6 Å². The van der Waals surface area contributed by atoms with Crippen LogP contribution in [-0.4, -0.2) is 56.6 Å². The normalized spacial score (nSPS) is 14.9. The maximum atomic E-state index is 14.3. The van der Waals surface area contributed by atoms with Gasteiger partial charge in [0.1, 0.15) is 11.9 Å². The summed E-state index contributed by atoms with van der Waals surface area (Å²) in [6, 6.07) is 8.40. The van der Waals surface area contributed by atoms with E-state index in [4.69, 9.17) is 9.47 Å². The van der Waals surface area contributed by atoms with Gasteiger partial charge in [-0.1, -0.05) is 0 Å². The standard InChI is InChI=1S/C24H28FNO6S/c1-15(2)31-22-8-6-19(33(4,29)30)14-20(22)24(28)26-11-9-18(10-12-26)32-23-7-5-17(16(3)27)13-21(23)25/h5-8,13-15,18H,9-12H2,1-4H3. The molecule has 2 aromatic rings. The Morgan fingerprint density at radius 1 is 1.06 bits per heavy atom. The summed E-state index contributed by atoms with van der Waals surface area (Å²) >= 11 is 0. The molecule has 0 spiro atoms. The highest BCUT2D eigenvalue weighted by molar-refractivity contribution is 7.90. The molecule has 3 rings (SSSR count). The third-order valence-electron chi connectivity index (χ3n) is 5.33. The molecule has 2 aromatic carbocycles. The molecular weight excluding hydrogens is 449 g/mol. The van der Waals surface area contributed by atoms with Crippen molar-refractivity contribution in [3.63, 3.8) is 0 Å². The first-order valence-corrected chi connectivity index (χ1v) is 12.6. The average Bonchev–Trinajstić information content (AvgIpc) is 2.74. The Morgan fingerprint density at radius 2 is 1.70 bits per heavy atom. The van der Waals surface area contributed by atoms with Crippen molar-refractivity contribution in [1.29, 1.82) is 0 Å². The quantitative estimate of drug-likeness (QED) is 0.562. The number of ketones is 1. The molecule has 1 aliphatic rings. The molecule has 178 valence electrons. The van der Waals surface area contributed by atoms with E-state index in [1.165, 1.54) is 37.3 Å². The number of carbonyl (C=O) groups is 2. The fraction of sp³-hybridized carbons (Fsp3) is 0.417. The molecule has 1 heterocycles. The first-order chi connectivity index (χ1) is 15.5. The molecule has 0 bridgehead atoms. The summed E-state index contributed by atoms with van der Waals surface area (Å²) < 4.78 is 49.7. The predicted octanol–water partition coefficient (Wildman–Crippen LogP) is 3.90. The molecule has 1 amide bonds. The second-order valence-corrected chi connectivity index (χ2v) is 10.4. The summed E-state index contributed by atoms with van der Waals surface area (Å²) in [7, 11) is -3.49. The van der Waals surface area contributed by atoms with Crippen molar-refractivity contribution in [2.24, 2.45) is 0 Å². The summed E-state index contributed by atoms with van der Waals surface area (Å²) in [5.41, 5.74) is 0.466. The number of nitrogens with zero attached hydrogens (tertiary/aromatic N) is 1. The van der Waals surface area contributed by atoms with E-state index >= 15 is 0 Å². The maximum Gasteiger partial charge on any atom is 0.257 e. The Kier molecular flexibility index (Phi) is 7.41. The van der Waals surface area contributed by atoms with E-state index in [-0.39, 0.29) is 45.7 Å². The number of amides is 1. The van der Waals surface area contributed by atoms with E-state index in [1.807, 2.05) is 13.8 Å². The first kappa shape index (κ1) is 24.7. The number of sulfone groups is 1. The minimum absolute atomic E-state index is 0.0460. The summed E-state index contributed by atoms with van der Waals surface area (Å²) in [5, 5.41) is 0. The van der Waals surface area contributed by atoms with Crippen LogP contribution in [0.15, 0.2) is 41.3 Å². The molecule has 0 saturated carbocycles. The summed E-state index contributed by atoms with van der Waals surface area (Å²) in [5.74, 6) is -0.763. The fourth-order valence-electron chi connectivity index (χ4n) is 3.61. The van der Waals surface area contributed by atoms with Crippen LogP contribution in [0.4, 0.5) is 4.39 Å². The minimum Gasteiger partial charge on any atom is -0.490 e. The highest BCUT2D eigenvalue weighted by Gasteiger charge is 2.28. The maximum absolute atomic E-state index is 14.3. The number of benzene rings is 2. The Labute approximate surface area is 193 Å². The molecule has 0 N–H and O–H groups in total. The molecule has 0 unspecified atom stereocenters. The van der Waals surface area contributed by atoms with Gasteiger partial charge in [0.15, 0.2) is 27.2 Å². The molecule has 0 aromatic heterocycles. The van der Waals surface area contributed by atoms with Gasteiger partial charge in [0.25, 0.3) is 5.91 Å². The zero-order chi connectivity index (χ0) is 24.3. The van der Waals surface area contributed by atoms with Crippen LogP contribution in [-0.2, 0) is 9.84 Å². The lowest BCUT2D eigenvalue weighted by atomic mass is 10.1. The number of ether oxygens (including phenoxy) is 2. The number of piperidine rings is 1. The van der Waals surface area contributed by atoms with E-state index in [0.29, 0.717) is 31.7 Å². The molecule has 0 aliphatic carbocycles. The van der Waals surface area contributed by atoms with E-state index in [2.05, 4.69) is 0 Å². The molecule has 9 heteroatoms. The van der Waals surface area contributed by atoms with Crippen molar-refractivity contribution in [2.45, 2.75) is 50.7 Å². The third kappa shape index (κ3) is 6.10. The number of halogens is 1. The van der Waals surface area contributed by atoms with Crippen molar-refractivity contribution in [2.75, 3.05) is 19.3 Å². The summed E-state index contributed by atoms with van der Waals surface area (Å²) in [6.45, 7) is 5.74. The zero-order valence-corrected chi connectivity index (χ0v) is 19.9. The van der Waals surface area contributed by atoms with Crippen molar-refractivity contribution < 1.29 is 31.9 Å².